The highest BCUT2D eigenvalue weighted by Gasteiger charge is 2.04. The SMILES string of the molecule is ClCc1cccc(Oc2ccccc2)c1.NC(CO)Cc1cccc(Oc2ccccc2)c1. The second-order valence-corrected chi connectivity index (χ2v) is 7.67. The summed E-state index contributed by atoms with van der Waals surface area (Å²) in [5, 5.41) is 8.94. The van der Waals surface area contributed by atoms with E-state index < -0.39 is 0 Å². The van der Waals surface area contributed by atoms with Gasteiger partial charge in [0.1, 0.15) is 23.0 Å². The normalized spacial score (nSPS) is 11.1. The van der Waals surface area contributed by atoms with E-state index in [0.29, 0.717) is 12.3 Å². The van der Waals surface area contributed by atoms with Crippen molar-refractivity contribution in [3.05, 3.63) is 120 Å². The molecule has 0 saturated heterocycles. The molecule has 170 valence electrons. The lowest BCUT2D eigenvalue weighted by Crippen LogP contribution is -2.26. The van der Waals surface area contributed by atoms with Crippen molar-refractivity contribution < 1.29 is 14.6 Å². The Labute approximate surface area is 200 Å². The number of rotatable bonds is 8. The molecule has 1 atom stereocenters. The molecule has 4 nitrogen and oxygen atoms in total. The summed E-state index contributed by atoms with van der Waals surface area (Å²) in [6, 6.07) is 34.6. The minimum absolute atomic E-state index is 0.0101. The van der Waals surface area contributed by atoms with E-state index in [9.17, 15) is 0 Å². The van der Waals surface area contributed by atoms with Crippen molar-refractivity contribution in [2.45, 2.75) is 18.3 Å². The summed E-state index contributed by atoms with van der Waals surface area (Å²) >= 11 is 5.75. The largest absolute Gasteiger partial charge is 0.457 e. The average Bonchev–Trinajstić information content (AvgIpc) is 2.86. The standard InChI is InChI=1S/C15H17NO2.C13H11ClO/c16-13(11-17)9-12-5-4-8-15(10-12)18-14-6-2-1-3-7-14;14-10-11-5-4-8-13(9-11)15-12-6-2-1-3-7-12/h1-8,10,13,17H,9,11,16H2;1-9H,10H2. The molecule has 0 heterocycles. The molecule has 0 amide bonds. The molecule has 0 bridgehead atoms. The van der Waals surface area contributed by atoms with Crippen LogP contribution in [0.25, 0.3) is 0 Å². The number of aliphatic hydroxyl groups is 1. The van der Waals surface area contributed by atoms with E-state index in [1.54, 1.807) is 0 Å². The van der Waals surface area contributed by atoms with Crippen LogP contribution in [0.4, 0.5) is 0 Å². The van der Waals surface area contributed by atoms with Crippen molar-refractivity contribution >= 4 is 11.6 Å². The topological polar surface area (TPSA) is 64.7 Å². The summed E-state index contributed by atoms with van der Waals surface area (Å²) in [4.78, 5) is 0. The number of nitrogens with two attached hydrogens (primary N) is 1. The predicted octanol–water partition coefficient (Wildman–Crippen LogP) is 6.56. The van der Waals surface area contributed by atoms with Crippen LogP contribution in [0, 0.1) is 0 Å². The first-order valence-corrected chi connectivity index (χ1v) is 11.3. The maximum absolute atomic E-state index is 8.94. The molecule has 0 aliphatic heterocycles. The summed E-state index contributed by atoms with van der Waals surface area (Å²) in [5.41, 5.74) is 7.84. The van der Waals surface area contributed by atoms with Crippen LogP contribution in [-0.2, 0) is 12.3 Å². The van der Waals surface area contributed by atoms with Gasteiger partial charge in [0, 0.05) is 11.9 Å². The van der Waals surface area contributed by atoms with E-state index in [1.807, 2.05) is 109 Å². The number of benzene rings is 4. The Morgan fingerprint density at radius 2 is 1.09 bits per heavy atom. The van der Waals surface area contributed by atoms with E-state index in [0.717, 1.165) is 34.1 Å². The number of aliphatic hydroxyl groups excluding tert-OH is 1. The van der Waals surface area contributed by atoms with Crippen molar-refractivity contribution in [1.29, 1.82) is 0 Å². The van der Waals surface area contributed by atoms with Crippen LogP contribution in [0.3, 0.4) is 0 Å². The molecule has 4 aromatic rings. The smallest absolute Gasteiger partial charge is 0.127 e. The third kappa shape index (κ3) is 8.62. The second-order valence-electron chi connectivity index (χ2n) is 7.41. The molecule has 0 saturated carbocycles. The summed E-state index contributed by atoms with van der Waals surface area (Å²) in [5.74, 6) is 3.75. The Kier molecular flexibility index (Phi) is 9.80. The number of hydrogen-bond donors (Lipinski definition) is 2. The average molecular weight is 462 g/mol. The fourth-order valence-corrected chi connectivity index (χ4v) is 3.21. The minimum atomic E-state index is -0.225. The van der Waals surface area contributed by atoms with Gasteiger partial charge < -0.3 is 20.3 Å². The van der Waals surface area contributed by atoms with Gasteiger partial charge in [0.2, 0.25) is 0 Å². The first kappa shape index (κ1) is 24.3. The zero-order valence-electron chi connectivity index (χ0n) is 18.3. The molecular formula is C28H28ClNO3. The molecule has 0 fully saturated rings. The summed E-state index contributed by atoms with van der Waals surface area (Å²) in [7, 11) is 0. The van der Waals surface area contributed by atoms with E-state index >= 15 is 0 Å². The summed E-state index contributed by atoms with van der Waals surface area (Å²) in [6.07, 6.45) is 0.641. The van der Waals surface area contributed by atoms with Crippen molar-refractivity contribution in [2.24, 2.45) is 5.73 Å². The molecule has 0 aromatic heterocycles. The Morgan fingerprint density at radius 1 is 0.636 bits per heavy atom. The van der Waals surface area contributed by atoms with Crippen LogP contribution in [0.1, 0.15) is 11.1 Å². The van der Waals surface area contributed by atoms with Crippen molar-refractivity contribution in [3.63, 3.8) is 0 Å². The van der Waals surface area contributed by atoms with Gasteiger partial charge in [-0.25, -0.2) is 0 Å². The molecule has 33 heavy (non-hydrogen) atoms. The highest BCUT2D eigenvalue weighted by Crippen LogP contribution is 2.23. The van der Waals surface area contributed by atoms with Gasteiger partial charge in [-0.05, 0) is 66.1 Å². The third-order valence-electron chi connectivity index (χ3n) is 4.64. The first-order chi connectivity index (χ1) is 16.2. The van der Waals surface area contributed by atoms with Gasteiger partial charge in [-0.15, -0.1) is 11.6 Å². The zero-order chi connectivity index (χ0) is 23.3. The lowest BCUT2D eigenvalue weighted by molar-refractivity contribution is 0.265. The molecule has 0 radical (unpaired) electrons. The number of alkyl halides is 1. The van der Waals surface area contributed by atoms with E-state index in [-0.39, 0.29) is 12.6 Å². The number of hydrogen-bond acceptors (Lipinski definition) is 4. The Bertz CT molecular complexity index is 1090. The molecule has 5 heteroatoms. The van der Waals surface area contributed by atoms with Crippen LogP contribution in [-0.4, -0.2) is 17.8 Å². The molecule has 3 N–H and O–H groups in total. The van der Waals surface area contributed by atoms with Crippen LogP contribution >= 0.6 is 11.6 Å². The lowest BCUT2D eigenvalue weighted by Gasteiger charge is -2.10. The van der Waals surface area contributed by atoms with Gasteiger partial charge >= 0.3 is 0 Å². The quantitative estimate of drug-likeness (QED) is 0.292. The van der Waals surface area contributed by atoms with Gasteiger partial charge in [-0.3, -0.25) is 0 Å². The monoisotopic (exact) mass is 461 g/mol. The van der Waals surface area contributed by atoms with Crippen LogP contribution in [0.2, 0.25) is 0 Å². The lowest BCUT2D eigenvalue weighted by atomic mass is 10.1. The molecule has 1 unspecified atom stereocenters. The van der Waals surface area contributed by atoms with Crippen LogP contribution in [0.5, 0.6) is 23.0 Å². The molecule has 0 spiro atoms. The summed E-state index contributed by atoms with van der Waals surface area (Å²) in [6.45, 7) is -0.0101. The second kappa shape index (κ2) is 13.3. The Morgan fingerprint density at radius 3 is 1.58 bits per heavy atom. The summed E-state index contributed by atoms with van der Waals surface area (Å²) < 4.78 is 11.4. The van der Waals surface area contributed by atoms with Gasteiger partial charge in [0.05, 0.1) is 6.61 Å². The third-order valence-corrected chi connectivity index (χ3v) is 4.95. The van der Waals surface area contributed by atoms with Gasteiger partial charge in [-0.2, -0.15) is 0 Å². The number of ether oxygens (including phenoxy) is 2. The predicted molar refractivity (Wildman–Crippen MR) is 134 cm³/mol. The van der Waals surface area contributed by atoms with Crippen LogP contribution in [0.15, 0.2) is 109 Å². The van der Waals surface area contributed by atoms with E-state index in [1.165, 1.54) is 0 Å². The fraction of sp³-hybridized carbons (Fsp3) is 0.143. The number of para-hydroxylation sites is 2. The van der Waals surface area contributed by atoms with E-state index in [2.05, 4.69) is 0 Å². The van der Waals surface area contributed by atoms with Crippen LogP contribution < -0.4 is 15.2 Å². The van der Waals surface area contributed by atoms with Gasteiger partial charge in [-0.1, -0.05) is 60.7 Å². The molecular weight excluding hydrogens is 434 g/mol. The maximum Gasteiger partial charge on any atom is 0.127 e. The Hall–Kier alpha value is -3.31. The molecule has 0 aliphatic carbocycles. The van der Waals surface area contributed by atoms with Gasteiger partial charge in [0.25, 0.3) is 0 Å². The molecule has 0 aliphatic rings. The van der Waals surface area contributed by atoms with Gasteiger partial charge in [0.15, 0.2) is 0 Å². The molecule has 4 rings (SSSR count). The molecule has 4 aromatic carbocycles. The highest BCUT2D eigenvalue weighted by atomic mass is 35.5. The van der Waals surface area contributed by atoms with Crippen molar-refractivity contribution in [2.75, 3.05) is 6.61 Å². The van der Waals surface area contributed by atoms with Crippen molar-refractivity contribution in [1.82, 2.24) is 0 Å². The fourth-order valence-electron chi connectivity index (χ4n) is 3.04. The zero-order valence-corrected chi connectivity index (χ0v) is 19.1. The highest BCUT2D eigenvalue weighted by molar-refractivity contribution is 6.17. The minimum Gasteiger partial charge on any atom is -0.457 e. The first-order valence-electron chi connectivity index (χ1n) is 10.7. The maximum atomic E-state index is 8.94. The van der Waals surface area contributed by atoms with E-state index in [4.69, 9.17) is 31.9 Å². The number of halogens is 1. The van der Waals surface area contributed by atoms with Crippen molar-refractivity contribution in [3.8, 4) is 23.0 Å². The Balaban J connectivity index is 0.000000189.